The van der Waals surface area contributed by atoms with Gasteiger partial charge in [-0.1, -0.05) is 19.1 Å². The number of nitrogens with one attached hydrogen (secondary N) is 2. The molecule has 0 radical (unpaired) electrons. The number of carbonyl (C=O) groups excluding carboxylic acids is 1. The molecule has 17 heavy (non-hydrogen) atoms. The SMILES string of the molecule is CCc1cccc(NC(=O)C(C)=C2CNC2)c1. The fourth-order valence-electron chi connectivity index (χ4n) is 1.77. The minimum Gasteiger partial charge on any atom is -0.322 e. The lowest BCUT2D eigenvalue weighted by Crippen LogP contribution is -2.36. The molecule has 1 aliphatic rings. The Hall–Kier alpha value is -1.61. The zero-order valence-corrected chi connectivity index (χ0v) is 10.3. The summed E-state index contributed by atoms with van der Waals surface area (Å²) in [5.74, 6) is 0.00903. The summed E-state index contributed by atoms with van der Waals surface area (Å²) in [4.78, 5) is 11.9. The largest absolute Gasteiger partial charge is 0.322 e. The van der Waals surface area contributed by atoms with Crippen LogP contribution in [-0.2, 0) is 11.2 Å². The first kappa shape index (κ1) is 11.9. The number of carbonyl (C=O) groups is 1. The van der Waals surface area contributed by atoms with Gasteiger partial charge in [0.25, 0.3) is 5.91 Å². The summed E-state index contributed by atoms with van der Waals surface area (Å²) in [7, 11) is 0. The van der Waals surface area contributed by atoms with Crippen molar-refractivity contribution in [2.75, 3.05) is 18.4 Å². The van der Waals surface area contributed by atoms with E-state index in [-0.39, 0.29) is 5.91 Å². The van der Waals surface area contributed by atoms with Gasteiger partial charge < -0.3 is 10.6 Å². The Bertz CT molecular complexity index is 457. The molecule has 1 aromatic rings. The zero-order valence-electron chi connectivity index (χ0n) is 10.3. The van der Waals surface area contributed by atoms with Crippen molar-refractivity contribution in [3.63, 3.8) is 0 Å². The summed E-state index contributed by atoms with van der Waals surface area (Å²) in [6, 6.07) is 7.99. The highest BCUT2D eigenvalue weighted by Gasteiger charge is 2.15. The van der Waals surface area contributed by atoms with E-state index in [1.807, 2.05) is 25.1 Å². The molecule has 2 rings (SSSR count). The molecule has 0 spiro atoms. The highest BCUT2D eigenvalue weighted by atomic mass is 16.1. The third-order valence-corrected chi connectivity index (χ3v) is 3.14. The minimum absolute atomic E-state index is 0.00903. The van der Waals surface area contributed by atoms with Gasteiger partial charge in [-0.05, 0) is 36.6 Å². The molecule has 1 fully saturated rings. The molecule has 1 aromatic carbocycles. The van der Waals surface area contributed by atoms with Gasteiger partial charge in [-0.3, -0.25) is 4.79 Å². The van der Waals surface area contributed by atoms with Gasteiger partial charge in [0, 0.05) is 24.4 Å². The molecule has 1 heterocycles. The van der Waals surface area contributed by atoms with Crippen molar-refractivity contribution in [2.24, 2.45) is 0 Å². The van der Waals surface area contributed by atoms with Gasteiger partial charge in [0.15, 0.2) is 0 Å². The highest BCUT2D eigenvalue weighted by Crippen LogP contribution is 2.14. The van der Waals surface area contributed by atoms with Crippen molar-refractivity contribution in [1.82, 2.24) is 5.32 Å². The summed E-state index contributed by atoms with van der Waals surface area (Å²) in [6.07, 6.45) is 0.980. The van der Waals surface area contributed by atoms with E-state index in [4.69, 9.17) is 0 Å². The lowest BCUT2D eigenvalue weighted by Gasteiger charge is -2.21. The topological polar surface area (TPSA) is 41.1 Å². The van der Waals surface area contributed by atoms with Gasteiger partial charge in [-0.25, -0.2) is 0 Å². The molecule has 3 nitrogen and oxygen atoms in total. The molecule has 0 bridgehead atoms. The van der Waals surface area contributed by atoms with Crippen LogP contribution in [0.4, 0.5) is 5.69 Å². The number of hydrogen-bond donors (Lipinski definition) is 2. The molecule has 0 aliphatic carbocycles. The molecule has 90 valence electrons. The maximum Gasteiger partial charge on any atom is 0.251 e. The Morgan fingerprint density at radius 1 is 1.41 bits per heavy atom. The number of hydrogen-bond acceptors (Lipinski definition) is 2. The Kier molecular flexibility index (Phi) is 3.59. The third-order valence-electron chi connectivity index (χ3n) is 3.14. The van der Waals surface area contributed by atoms with E-state index < -0.39 is 0 Å². The fourth-order valence-corrected chi connectivity index (χ4v) is 1.77. The Balaban J connectivity index is 2.07. The number of anilines is 1. The standard InChI is InChI=1S/C14H18N2O/c1-3-11-5-4-6-13(7-11)16-14(17)10(2)12-8-15-9-12/h4-7,15H,3,8-9H2,1-2H3,(H,16,17). The van der Waals surface area contributed by atoms with Crippen molar-refractivity contribution in [2.45, 2.75) is 20.3 Å². The molecule has 2 N–H and O–H groups in total. The van der Waals surface area contributed by atoms with Crippen LogP contribution in [0.25, 0.3) is 0 Å². The van der Waals surface area contributed by atoms with Gasteiger partial charge in [0.05, 0.1) is 0 Å². The Labute approximate surface area is 102 Å². The summed E-state index contributed by atoms with van der Waals surface area (Å²) >= 11 is 0. The number of amides is 1. The number of rotatable bonds is 3. The first-order chi connectivity index (χ1) is 8.20. The van der Waals surface area contributed by atoms with Crippen molar-refractivity contribution in [3.05, 3.63) is 41.0 Å². The lowest BCUT2D eigenvalue weighted by atomic mass is 10.0. The first-order valence-electron chi connectivity index (χ1n) is 6.00. The van der Waals surface area contributed by atoms with Crippen LogP contribution in [0.5, 0.6) is 0 Å². The van der Waals surface area contributed by atoms with Crippen LogP contribution in [0.3, 0.4) is 0 Å². The van der Waals surface area contributed by atoms with Crippen molar-refractivity contribution in [1.29, 1.82) is 0 Å². The number of aryl methyl sites for hydroxylation is 1. The van der Waals surface area contributed by atoms with E-state index in [1.54, 1.807) is 0 Å². The molecule has 1 aliphatic heterocycles. The second-order valence-corrected chi connectivity index (χ2v) is 4.34. The average molecular weight is 230 g/mol. The molecule has 1 amide bonds. The van der Waals surface area contributed by atoms with Crippen LogP contribution in [0, 0.1) is 0 Å². The van der Waals surface area contributed by atoms with Crippen LogP contribution < -0.4 is 10.6 Å². The van der Waals surface area contributed by atoms with Gasteiger partial charge in [-0.15, -0.1) is 0 Å². The van der Waals surface area contributed by atoms with E-state index in [0.29, 0.717) is 0 Å². The van der Waals surface area contributed by atoms with E-state index >= 15 is 0 Å². The monoisotopic (exact) mass is 230 g/mol. The zero-order chi connectivity index (χ0) is 12.3. The van der Waals surface area contributed by atoms with Crippen LogP contribution in [0.1, 0.15) is 19.4 Å². The highest BCUT2D eigenvalue weighted by molar-refractivity contribution is 6.04. The summed E-state index contributed by atoms with van der Waals surface area (Å²) in [5.41, 5.74) is 4.15. The van der Waals surface area contributed by atoms with E-state index in [2.05, 4.69) is 23.6 Å². The van der Waals surface area contributed by atoms with Crippen molar-refractivity contribution in [3.8, 4) is 0 Å². The van der Waals surface area contributed by atoms with Gasteiger partial charge in [-0.2, -0.15) is 0 Å². The second kappa shape index (κ2) is 5.15. The van der Waals surface area contributed by atoms with E-state index in [0.717, 1.165) is 30.8 Å². The fraction of sp³-hybridized carbons (Fsp3) is 0.357. The van der Waals surface area contributed by atoms with Crippen LogP contribution in [0.2, 0.25) is 0 Å². The maximum atomic E-state index is 11.9. The smallest absolute Gasteiger partial charge is 0.251 e. The Morgan fingerprint density at radius 2 is 2.18 bits per heavy atom. The van der Waals surface area contributed by atoms with Crippen molar-refractivity contribution < 1.29 is 4.79 Å². The molecule has 3 heteroatoms. The van der Waals surface area contributed by atoms with Crippen LogP contribution >= 0.6 is 0 Å². The van der Waals surface area contributed by atoms with Crippen molar-refractivity contribution >= 4 is 11.6 Å². The Morgan fingerprint density at radius 3 is 2.76 bits per heavy atom. The minimum atomic E-state index is 0.00903. The average Bonchev–Trinajstić information content (AvgIpc) is 2.27. The molecular formula is C14H18N2O. The van der Waals surface area contributed by atoms with Gasteiger partial charge in [0.1, 0.15) is 0 Å². The van der Waals surface area contributed by atoms with Crippen LogP contribution in [-0.4, -0.2) is 19.0 Å². The molecule has 0 saturated carbocycles. The van der Waals surface area contributed by atoms with Gasteiger partial charge >= 0.3 is 0 Å². The molecular weight excluding hydrogens is 212 g/mol. The molecule has 0 atom stereocenters. The van der Waals surface area contributed by atoms with E-state index in [9.17, 15) is 4.79 Å². The molecule has 0 unspecified atom stereocenters. The quantitative estimate of drug-likeness (QED) is 0.781. The lowest BCUT2D eigenvalue weighted by molar-refractivity contribution is -0.112. The summed E-state index contributed by atoms with van der Waals surface area (Å²) < 4.78 is 0. The second-order valence-electron chi connectivity index (χ2n) is 4.34. The molecule has 1 saturated heterocycles. The maximum absolute atomic E-state index is 11.9. The predicted octanol–water partition coefficient (Wildman–Crippen LogP) is 2.11. The summed E-state index contributed by atoms with van der Waals surface area (Å²) in [5, 5.41) is 6.08. The predicted molar refractivity (Wildman–Crippen MR) is 70.0 cm³/mol. The first-order valence-corrected chi connectivity index (χ1v) is 6.00. The third kappa shape index (κ3) is 2.74. The van der Waals surface area contributed by atoms with Crippen LogP contribution in [0.15, 0.2) is 35.4 Å². The summed E-state index contributed by atoms with van der Waals surface area (Å²) in [6.45, 7) is 5.67. The molecule has 0 aromatic heterocycles. The number of benzene rings is 1. The van der Waals surface area contributed by atoms with Gasteiger partial charge in [0.2, 0.25) is 0 Å². The normalized spacial score (nSPS) is 14.1. The van der Waals surface area contributed by atoms with E-state index in [1.165, 1.54) is 11.1 Å².